The standard InChI is InChI=1S/C25H28O8/c1-24(2,30)8-7-14-21(29)20-17(28)11-18-15(10-19(32-18)25(3,4)31)23(20)33-22(14)13-6-5-12(26)9-16(13)27/h5-6,9,11,19,26-28,30-31H,7-8,10H2,1-4H3. The number of ether oxygens (including phenoxy) is 1. The Kier molecular flexibility index (Phi) is 5.34. The summed E-state index contributed by atoms with van der Waals surface area (Å²) in [4.78, 5) is 13.6. The number of aliphatic hydroxyl groups is 2. The van der Waals surface area contributed by atoms with Gasteiger partial charge in [0.15, 0.2) is 5.43 Å². The van der Waals surface area contributed by atoms with Gasteiger partial charge >= 0.3 is 0 Å². The molecule has 8 nitrogen and oxygen atoms in total. The Morgan fingerprint density at radius 1 is 1.03 bits per heavy atom. The van der Waals surface area contributed by atoms with E-state index in [9.17, 15) is 30.3 Å². The van der Waals surface area contributed by atoms with E-state index in [2.05, 4.69) is 0 Å². The number of phenols is 3. The molecule has 176 valence electrons. The van der Waals surface area contributed by atoms with Gasteiger partial charge in [0.1, 0.15) is 45.8 Å². The molecule has 3 aromatic rings. The molecule has 0 bridgehead atoms. The van der Waals surface area contributed by atoms with Gasteiger partial charge in [-0.25, -0.2) is 0 Å². The van der Waals surface area contributed by atoms with E-state index in [1.807, 2.05) is 0 Å². The Labute approximate surface area is 190 Å². The Bertz CT molecular complexity index is 1290. The van der Waals surface area contributed by atoms with E-state index in [4.69, 9.17) is 9.15 Å². The molecule has 0 fully saturated rings. The first kappa shape index (κ1) is 22.9. The van der Waals surface area contributed by atoms with Crippen molar-refractivity contribution in [2.24, 2.45) is 0 Å². The van der Waals surface area contributed by atoms with E-state index in [0.29, 0.717) is 11.3 Å². The maximum Gasteiger partial charge on any atom is 0.200 e. The summed E-state index contributed by atoms with van der Waals surface area (Å²) < 4.78 is 12.0. The lowest BCUT2D eigenvalue weighted by atomic mass is 9.93. The van der Waals surface area contributed by atoms with Crippen LogP contribution in [0.5, 0.6) is 23.0 Å². The Morgan fingerprint density at radius 3 is 2.33 bits per heavy atom. The van der Waals surface area contributed by atoms with Gasteiger partial charge in [-0.1, -0.05) is 0 Å². The van der Waals surface area contributed by atoms with Crippen molar-refractivity contribution < 1.29 is 34.7 Å². The first-order chi connectivity index (χ1) is 15.3. The van der Waals surface area contributed by atoms with E-state index in [1.54, 1.807) is 27.7 Å². The van der Waals surface area contributed by atoms with Crippen LogP contribution < -0.4 is 10.2 Å². The molecule has 0 aliphatic carbocycles. The quantitative estimate of drug-likeness (QED) is 0.394. The van der Waals surface area contributed by atoms with Gasteiger partial charge in [-0.2, -0.15) is 0 Å². The summed E-state index contributed by atoms with van der Waals surface area (Å²) in [5.41, 5.74) is -1.73. The van der Waals surface area contributed by atoms with Crippen LogP contribution in [0.3, 0.4) is 0 Å². The van der Waals surface area contributed by atoms with Crippen LogP contribution in [0, 0.1) is 0 Å². The van der Waals surface area contributed by atoms with Crippen molar-refractivity contribution in [1.82, 2.24) is 0 Å². The molecule has 1 aromatic heterocycles. The molecule has 1 unspecified atom stereocenters. The van der Waals surface area contributed by atoms with Crippen LogP contribution in [0.25, 0.3) is 22.3 Å². The summed E-state index contributed by atoms with van der Waals surface area (Å²) in [5.74, 6) is -0.379. The molecule has 1 aliphatic heterocycles. The van der Waals surface area contributed by atoms with Gasteiger partial charge in [0, 0.05) is 29.7 Å². The van der Waals surface area contributed by atoms with E-state index in [-0.39, 0.29) is 64.4 Å². The third-order valence-corrected chi connectivity index (χ3v) is 5.96. The average Bonchev–Trinajstić information content (AvgIpc) is 3.10. The minimum atomic E-state index is -1.17. The SMILES string of the molecule is CC(C)(O)CCc1c(-c2ccc(O)cc2O)oc2c3c(cc(O)c2c1=O)OC(C(C)(C)O)C3. The van der Waals surface area contributed by atoms with E-state index < -0.39 is 22.7 Å². The smallest absolute Gasteiger partial charge is 0.200 e. The van der Waals surface area contributed by atoms with Crippen LogP contribution in [-0.2, 0) is 12.8 Å². The van der Waals surface area contributed by atoms with Gasteiger partial charge in [0.25, 0.3) is 0 Å². The Morgan fingerprint density at radius 2 is 1.73 bits per heavy atom. The fourth-order valence-electron chi connectivity index (χ4n) is 4.07. The Balaban J connectivity index is 2.01. The lowest BCUT2D eigenvalue weighted by molar-refractivity contribution is -0.0229. The molecule has 0 amide bonds. The largest absolute Gasteiger partial charge is 0.508 e. The molecule has 0 radical (unpaired) electrons. The highest BCUT2D eigenvalue weighted by molar-refractivity contribution is 5.91. The maximum atomic E-state index is 13.6. The predicted molar refractivity (Wildman–Crippen MR) is 122 cm³/mol. The minimum absolute atomic E-state index is 0.0264. The lowest BCUT2D eigenvalue weighted by Gasteiger charge is -2.24. The lowest BCUT2D eigenvalue weighted by Crippen LogP contribution is -2.39. The number of aromatic hydroxyl groups is 3. The zero-order chi connectivity index (χ0) is 24.3. The number of rotatable bonds is 5. The molecular weight excluding hydrogens is 428 g/mol. The first-order valence-electron chi connectivity index (χ1n) is 10.7. The van der Waals surface area contributed by atoms with E-state index in [1.165, 1.54) is 18.2 Å². The van der Waals surface area contributed by atoms with Crippen LogP contribution >= 0.6 is 0 Å². The highest BCUT2D eigenvalue weighted by atomic mass is 16.5. The van der Waals surface area contributed by atoms with Gasteiger partial charge in [0.2, 0.25) is 0 Å². The molecule has 1 aliphatic rings. The van der Waals surface area contributed by atoms with Gasteiger partial charge in [0.05, 0.1) is 16.8 Å². The average molecular weight is 456 g/mol. The predicted octanol–water partition coefficient (Wildman–Crippen LogP) is 3.35. The van der Waals surface area contributed by atoms with Crippen LogP contribution in [0.2, 0.25) is 0 Å². The molecule has 0 saturated heterocycles. The molecule has 33 heavy (non-hydrogen) atoms. The second-order valence-corrected chi connectivity index (χ2v) is 9.79. The molecule has 2 aromatic carbocycles. The number of hydrogen-bond donors (Lipinski definition) is 5. The molecule has 4 rings (SSSR count). The molecule has 0 spiro atoms. The summed E-state index contributed by atoms with van der Waals surface area (Å²) >= 11 is 0. The zero-order valence-corrected chi connectivity index (χ0v) is 19.0. The molecular formula is C25H28O8. The normalized spacial score (nSPS) is 16.1. The zero-order valence-electron chi connectivity index (χ0n) is 19.0. The minimum Gasteiger partial charge on any atom is -0.508 e. The number of fused-ring (bicyclic) bond motifs is 3. The van der Waals surface area contributed by atoms with Crippen LogP contribution in [0.15, 0.2) is 33.5 Å². The van der Waals surface area contributed by atoms with Crippen LogP contribution in [0.4, 0.5) is 0 Å². The van der Waals surface area contributed by atoms with Gasteiger partial charge in [-0.3, -0.25) is 4.79 Å². The van der Waals surface area contributed by atoms with E-state index in [0.717, 1.165) is 6.07 Å². The monoisotopic (exact) mass is 456 g/mol. The third-order valence-electron chi connectivity index (χ3n) is 5.96. The highest BCUT2D eigenvalue weighted by Gasteiger charge is 2.38. The summed E-state index contributed by atoms with van der Waals surface area (Å²) in [6.07, 6.45) is -0.00695. The highest BCUT2D eigenvalue weighted by Crippen LogP contribution is 2.44. The number of benzene rings is 2. The summed E-state index contributed by atoms with van der Waals surface area (Å²) in [6.45, 7) is 6.45. The molecule has 1 atom stereocenters. The van der Waals surface area contributed by atoms with Crippen molar-refractivity contribution in [3.8, 4) is 34.3 Å². The van der Waals surface area contributed by atoms with Gasteiger partial charge < -0.3 is 34.7 Å². The van der Waals surface area contributed by atoms with Crippen molar-refractivity contribution >= 4 is 11.0 Å². The second kappa shape index (κ2) is 7.67. The van der Waals surface area contributed by atoms with Crippen molar-refractivity contribution in [3.63, 3.8) is 0 Å². The van der Waals surface area contributed by atoms with Crippen LogP contribution in [-0.4, -0.2) is 42.8 Å². The van der Waals surface area contributed by atoms with Crippen LogP contribution in [0.1, 0.15) is 45.2 Å². The molecule has 8 heteroatoms. The summed E-state index contributed by atoms with van der Waals surface area (Å²) in [7, 11) is 0. The fraction of sp³-hybridized carbons (Fsp3) is 0.400. The third kappa shape index (κ3) is 4.24. The number of hydrogen-bond acceptors (Lipinski definition) is 8. The van der Waals surface area contributed by atoms with Gasteiger partial charge in [-0.05, 0) is 52.7 Å². The summed E-state index contributed by atoms with van der Waals surface area (Å²) in [6, 6.07) is 5.28. The second-order valence-electron chi connectivity index (χ2n) is 9.79. The maximum absolute atomic E-state index is 13.6. The topological polar surface area (TPSA) is 141 Å². The van der Waals surface area contributed by atoms with E-state index >= 15 is 0 Å². The van der Waals surface area contributed by atoms with Crippen molar-refractivity contribution in [1.29, 1.82) is 0 Å². The molecule has 2 heterocycles. The van der Waals surface area contributed by atoms with Crippen molar-refractivity contribution in [2.75, 3.05) is 0 Å². The number of phenolic OH excluding ortho intramolecular Hbond substituents is 3. The van der Waals surface area contributed by atoms with Gasteiger partial charge in [-0.15, -0.1) is 0 Å². The summed E-state index contributed by atoms with van der Waals surface area (Å²) in [5, 5.41) is 51.5. The van der Waals surface area contributed by atoms with Crippen molar-refractivity contribution in [2.45, 2.75) is 64.3 Å². The molecule has 5 N–H and O–H groups in total. The fourth-order valence-corrected chi connectivity index (χ4v) is 4.07. The van der Waals surface area contributed by atoms with Crippen molar-refractivity contribution in [3.05, 3.63) is 45.6 Å². The molecule has 0 saturated carbocycles. The Hall–Kier alpha value is -3.23. The first-order valence-corrected chi connectivity index (χ1v) is 10.7.